The number of amides is 2. The molecule has 0 radical (unpaired) electrons. The fourth-order valence-corrected chi connectivity index (χ4v) is 5.26. The Labute approximate surface area is 177 Å². The Morgan fingerprint density at radius 2 is 1.86 bits per heavy atom. The lowest BCUT2D eigenvalue weighted by molar-refractivity contribution is -0.387. The molecule has 0 aromatic heterocycles. The fourth-order valence-electron chi connectivity index (χ4n) is 3.12. The molecule has 29 heavy (non-hydrogen) atoms. The third kappa shape index (κ3) is 5.74. The molecule has 7 nitrogen and oxygen atoms in total. The zero-order valence-corrected chi connectivity index (χ0v) is 17.3. The Morgan fingerprint density at radius 3 is 2.55 bits per heavy atom. The van der Waals surface area contributed by atoms with Crippen LogP contribution in [-0.4, -0.2) is 27.7 Å². The molecule has 3 rings (SSSR count). The highest BCUT2D eigenvalue weighted by atomic mass is 32.2. The molecule has 0 saturated heterocycles. The molecule has 0 unspecified atom stereocenters. The summed E-state index contributed by atoms with van der Waals surface area (Å²) in [5.41, 5.74) is 5.76. The van der Waals surface area contributed by atoms with Crippen LogP contribution in [0.5, 0.6) is 0 Å². The average molecular weight is 432 g/mol. The van der Waals surface area contributed by atoms with Gasteiger partial charge < -0.3 is 11.1 Å². The largest absolute Gasteiger partial charge is 0.366 e. The summed E-state index contributed by atoms with van der Waals surface area (Å²) in [6, 6.07) is 11.7. The zero-order chi connectivity index (χ0) is 20.8. The lowest BCUT2D eigenvalue weighted by atomic mass is 10.2. The summed E-state index contributed by atoms with van der Waals surface area (Å²) in [7, 11) is 0. The van der Waals surface area contributed by atoms with E-state index in [9.17, 15) is 19.7 Å². The number of benzene rings is 2. The van der Waals surface area contributed by atoms with Crippen LogP contribution in [0.4, 0.5) is 11.4 Å². The van der Waals surface area contributed by atoms with Crippen LogP contribution in [0.25, 0.3) is 0 Å². The van der Waals surface area contributed by atoms with Crippen LogP contribution in [-0.2, 0) is 4.79 Å². The number of nitro groups is 1. The van der Waals surface area contributed by atoms with E-state index in [1.165, 1.54) is 37.8 Å². The van der Waals surface area contributed by atoms with Crippen LogP contribution >= 0.6 is 23.5 Å². The maximum absolute atomic E-state index is 12.4. The predicted molar refractivity (Wildman–Crippen MR) is 116 cm³/mol. The molecule has 0 atom stereocenters. The van der Waals surface area contributed by atoms with E-state index in [1.54, 1.807) is 11.8 Å². The monoisotopic (exact) mass is 431 g/mol. The second-order valence-electron chi connectivity index (χ2n) is 6.66. The molecule has 3 N–H and O–H groups in total. The number of nitrogens with zero attached hydrogens (tertiary/aromatic N) is 1. The van der Waals surface area contributed by atoms with Gasteiger partial charge in [0.15, 0.2) is 0 Å². The number of carbonyl (C=O) groups is 2. The van der Waals surface area contributed by atoms with Gasteiger partial charge in [0.1, 0.15) is 0 Å². The van der Waals surface area contributed by atoms with Crippen molar-refractivity contribution in [2.24, 2.45) is 5.73 Å². The first-order valence-electron chi connectivity index (χ1n) is 9.20. The molecular weight excluding hydrogens is 410 g/mol. The van der Waals surface area contributed by atoms with Gasteiger partial charge in [0.05, 0.1) is 21.3 Å². The van der Waals surface area contributed by atoms with E-state index in [2.05, 4.69) is 5.32 Å². The third-order valence-corrected chi connectivity index (χ3v) is 7.03. The predicted octanol–water partition coefficient (Wildman–Crippen LogP) is 4.46. The van der Waals surface area contributed by atoms with E-state index < -0.39 is 10.8 Å². The van der Waals surface area contributed by atoms with E-state index in [1.807, 2.05) is 24.3 Å². The fraction of sp³-hybridized carbons (Fsp3) is 0.300. The van der Waals surface area contributed by atoms with Gasteiger partial charge in [0.2, 0.25) is 11.8 Å². The Hall–Kier alpha value is -2.52. The summed E-state index contributed by atoms with van der Waals surface area (Å²) < 4.78 is 0. The number of nitro benzene ring substituents is 1. The van der Waals surface area contributed by atoms with Crippen molar-refractivity contribution in [1.82, 2.24) is 0 Å². The van der Waals surface area contributed by atoms with Gasteiger partial charge in [-0.25, -0.2) is 0 Å². The van der Waals surface area contributed by atoms with Crippen molar-refractivity contribution < 1.29 is 14.5 Å². The van der Waals surface area contributed by atoms with Gasteiger partial charge in [-0.05, 0) is 37.1 Å². The van der Waals surface area contributed by atoms with Crippen molar-refractivity contribution >= 4 is 46.7 Å². The molecule has 1 saturated carbocycles. The van der Waals surface area contributed by atoms with Crippen molar-refractivity contribution in [3.05, 3.63) is 58.1 Å². The topological polar surface area (TPSA) is 115 Å². The zero-order valence-electron chi connectivity index (χ0n) is 15.6. The van der Waals surface area contributed by atoms with Gasteiger partial charge in [0, 0.05) is 21.8 Å². The number of carbonyl (C=O) groups excluding carboxylic acids is 2. The van der Waals surface area contributed by atoms with E-state index in [0.29, 0.717) is 10.1 Å². The van der Waals surface area contributed by atoms with Gasteiger partial charge in [-0.15, -0.1) is 23.5 Å². The molecule has 1 aliphatic carbocycles. The Bertz CT molecular complexity index is 930. The number of hydrogen-bond donors (Lipinski definition) is 2. The van der Waals surface area contributed by atoms with Gasteiger partial charge in [-0.2, -0.15) is 0 Å². The molecule has 152 valence electrons. The summed E-state index contributed by atoms with van der Waals surface area (Å²) in [5, 5.41) is 14.8. The highest BCUT2D eigenvalue weighted by molar-refractivity contribution is 8.00. The molecule has 0 bridgehead atoms. The number of rotatable bonds is 8. The Kier molecular flexibility index (Phi) is 7.16. The number of nitrogens with two attached hydrogens (primary N) is 1. The minimum absolute atomic E-state index is 0.0131. The van der Waals surface area contributed by atoms with Crippen molar-refractivity contribution in [2.75, 3.05) is 11.1 Å². The smallest absolute Gasteiger partial charge is 0.283 e. The van der Waals surface area contributed by atoms with Crippen LogP contribution < -0.4 is 11.1 Å². The Balaban J connectivity index is 1.65. The van der Waals surface area contributed by atoms with Crippen molar-refractivity contribution in [3.63, 3.8) is 0 Å². The first-order valence-corrected chi connectivity index (χ1v) is 11.1. The second kappa shape index (κ2) is 9.80. The number of para-hydroxylation sites is 1. The summed E-state index contributed by atoms with van der Waals surface area (Å²) in [5.74, 6) is -0.972. The number of hydrogen-bond acceptors (Lipinski definition) is 6. The first kappa shape index (κ1) is 21.2. The molecule has 0 spiro atoms. The molecular formula is C20H21N3O4S2. The molecule has 0 heterocycles. The van der Waals surface area contributed by atoms with Gasteiger partial charge >= 0.3 is 0 Å². The molecule has 2 aromatic rings. The van der Waals surface area contributed by atoms with Crippen molar-refractivity contribution in [3.8, 4) is 0 Å². The van der Waals surface area contributed by atoms with Crippen LogP contribution in [0.1, 0.15) is 36.0 Å². The number of nitrogens with one attached hydrogen (secondary N) is 1. The third-order valence-electron chi connectivity index (χ3n) is 4.56. The van der Waals surface area contributed by atoms with E-state index in [4.69, 9.17) is 5.73 Å². The molecule has 2 aromatic carbocycles. The highest BCUT2D eigenvalue weighted by Gasteiger charge is 2.20. The second-order valence-corrected chi connectivity index (χ2v) is 9.02. The minimum Gasteiger partial charge on any atom is -0.366 e. The van der Waals surface area contributed by atoms with Crippen LogP contribution in [0, 0.1) is 10.1 Å². The van der Waals surface area contributed by atoms with Crippen LogP contribution in [0.2, 0.25) is 0 Å². The average Bonchev–Trinajstić information content (AvgIpc) is 3.20. The van der Waals surface area contributed by atoms with E-state index >= 15 is 0 Å². The maximum atomic E-state index is 12.4. The standard InChI is InChI=1S/C20H21N3O4S2/c21-20(25)13-9-10-18(16(11-13)23(26)27)28-12-19(24)22-15-7-3-4-8-17(15)29-14-5-1-2-6-14/h3-4,7-11,14H,1-2,5-6,12H2,(H2,21,25)(H,22,24). The maximum Gasteiger partial charge on any atom is 0.283 e. The molecule has 1 aliphatic rings. The molecule has 0 aliphatic heterocycles. The number of anilines is 1. The van der Waals surface area contributed by atoms with Gasteiger partial charge in [-0.3, -0.25) is 19.7 Å². The van der Waals surface area contributed by atoms with Gasteiger partial charge in [0.25, 0.3) is 5.69 Å². The summed E-state index contributed by atoms with van der Waals surface area (Å²) in [6.07, 6.45) is 4.87. The first-order chi connectivity index (χ1) is 13.9. The van der Waals surface area contributed by atoms with Crippen molar-refractivity contribution in [1.29, 1.82) is 0 Å². The van der Waals surface area contributed by atoms with Crippen LogP contribution in [0.15, 0.2) is 52.3 Å². The van der Waals surface area contributed by atoms with E-state index in [0.717, 1.165) is 28.4 Å². The van der Waals surface area contributed by atoms with Gasteiger partial charge in [-0.1, -0.05) is 25.0 Å². The minimum atomic E-state index is -0.737. The molecule has 1 fully saturated rings. The summed E-state index contributed by atoms with van der Waals surface area (Å²) in [4.78, 5) is 35.7. The molecule has 2 amide bonds. The lowest BCUT2D eigenvalue weighted by Gasteiger charge is -2.14. The quantitative estimate of drug-likeness (QED) is 0.362. The highest BCUT2D eigenvalue weighted by Crippen LogP contribution is 2.38. The van der Waals surface area contributed by atoms with E-state index in [-0.39, 0.29) is 22.9 Å². The Morgan fingerprint density at radius 1 is 1.14 bits per heavy atom. The summed E-state index contributed by atoms with van der Waals surface area (Å²) >= 11 is 2.84. The lowest BCUT2D eigenvalue weighted by Crippen LogP contribution is -2.15. The summed E-state index contributed by atoms with van der Waals surface area (Å²) in [6.45, 7) is 0. The van der Waals surface area contributed by atoms with Crippen LogP contribution in [0.3, 0.4) is 0 Å². The molecule has 9 heteroatoms. The number of primary amides is 1. The number of thioether (sulfide) groups is 2. The normalized spacial score (nSPS) is 13.9. The van der Waals surface area contributed by atoms with Crippen molar-refractivity contribution in [2.45, 2.75) is 40.7 Å². The SMILES string of the molecule is NC(=O)c1ccc(SCC(=O)Nc2ccccc2SC2CCCC2)c([N+](=O)[O-])c1.